The van der Waals surface area contributed by atoms with Gasteiger partial charge in [-0.25, -0.2) is 13.6 Å². The molecule has 3 nitrogen and oxygen atoms in total. The molecular weight excluding hydrogens is 228 g/mol. The van der Waals surface area contributed by atoms with Crippen LogP contribution < -0.4 is 5.32 Å². The van der Waals surface area contributed by atoms with E-state index in [0.29, 0.717) is 0 Å². The maximum Gasteiger partial charge on any atom is 0.327 e. The Balaban J connectivity index is 3.17. The summed E-state index contributed by atoms with van der Waals surface area (Å²) in [4.78, 5) is 11.5. The predicted octanol–water partition coefficient (Wildman–Crippen LogP) is 2.18. The number of hydrogen-bond donors (Lipinski definition) is 1. The Morgan fingerprint density at radius 1 is 1.29 bits per heavy atom. The molecule has 0 spiro atoms. The van der Waals surface area contributed by atoms with E-state index in [2.05, 4.69) is 10.1 Å². The van der Waals surface area contributed by atoms with Crippen LogP contribution in [0.5, 0.6) is 0 Å². The van der Waals surface area contributed by atoms with Crippen LogP contribution in [0.1, 0.15) is 25.5 Å². The van der Waals surface area contributed by atoms with E-state index in [9.17, 15) is 13.6 Å². The van der Waals surface area contributed by atoms with E-state index in [1.54, 1.807) is 13.8 Å². The largest absolute Gasteiger partial charge is 0.468 e. The van der Waals surface area contributed by atoms with Gasteiger partial charge in [0.05, 0.1) is 12.7 Å². The molecule has 0 aromatic heterocycles. The van der Waals surface area contributed by atoms with Crippen LogP contribution in [0, 0.1) is 11.6 Å². The first-order valence-corrected chi connectivity index (χ1v) is 5.25. The highest BCUT2D eigenvalue weighted by atomic mass is 19.1. The molecular formula is C12H15F2NO2. The summed E-state index contributed by atoms with van der Waals surface area (Å²) in [5, 5.41) is 2.77. The molecule has 1 N–H and O–H groups in total. The van der Waals surface area contributed by atoms with Crippen molar-refractivity contribution in [1.82, 2.24) is 5.32 Å². The van der Waals surface area contributed by atoms with Crippen LogP contribution in [0.4, 0.5) is 8.78 Å². The number of benzene rings is 1. The quantitative estimate of drug-likeness (QED) is 0.824. The molecule has 1 aromatic rings. The molecule has 0 amide bonds. The lowest BCUT2D eigenvalue weighted by Gasteiger charge is -2.20. The molecule has 1 atom stereocenters. The highest BCUT2D eigenvalue weighted by Gasteiger charge is 2.27. The number of hydrogen-bond acceptors (Lipinski definition) is 3. The molecule has 0 aliphatic carbocycles. The molecule has 0 fully saturated rings. The molecule has 1 rings (SSSR count). The Labute approximate surface area is 98.8 Å². The number of esters is 1. The van der Waals surface area contributed by atoms with Gasteiger partial charge in [-0.1, -0.05) is 6.07 Å². The first-order chi connectivity index (χ1) is 7.97. The minimum atomic E-state index is -1.14. The molecule has 0 radical (unpaired) electrons. The van der Waals surface area contributed by atoms with Crippen molar-refractivity contribution < 1.29 is 18.3 Å². The molecule has 0 heterocycles. The Kier molecular flexibility index (Phi) is 4.57. The summed E-state index contributed by atoms with van der Waals surface area (Å²) >= 11 is 0. The molecule has 94 valence electrons. The van der Waals surface area contributed by atoms with Gasteiger partial charge < -0.3 is 4.74 Å². The fraction of sp³-hybridized carbons (Fsp3) is 0.417. The zero-order valence-corrected chi connectivity index (χ0v) is 9.96. The lowest BCUT2D eigenvalue weighted by Crippen LogP contribution is -2.35. The summed E-state index contributed by atoms with van der Waals surface area (Å²) in [6, 6.07) is 2.21. The van der Waals surface area contributed by atoms with Gasteiger partial charge in [0.1, 0.15) is 17.7 Å². The number of carbonyl (C=O) groups excluding carboxylic acids is 1. The van der Waals surface area contributed by atoms with Crippen molar-refractivity contribution in [2.75, 3.05) is 7.11 Å². The lowest BCUT2D eigenvalue weighted by atomic mass is 10.0. The normalized spacial score (nSPS) is 12.6. The molecule has 0 saturated heterocycles. The minimum Gasteiger partial charge on any atom is -0.468 e. The average molecular weight is 243 g/mol. The smallest absolute Gasteiger partial charge is 0.327 e. The first kappa shape index (κ1) is 13.6. The maximum atomic E-state index is 13.6. The van der Waals surface area contributed by atoms with Crippen molar-refractivity contribution >= 4 is 5.97 Å². The van der Waals surface area contributed by atoms with Crippen LogP contribution in [0.3, 0.4) is 0 Å². The van der Waals surface area contributed by atoms with E-state index in [0.717, 1.165) is 12.1 Å². The number of methoxy groups -OCH3 is 1. The molecule has 17 heavy (non-hydrogen) atoms. The van der Waals surface area contributed by atoms with E-state index in [1.165, 1.54) is 13.2 Å². The number of ether oxygens (including phenoxy) is 1. The zero-order chi connectivity index (χ0) is 13.0. The van der Waals surface area contributed by atoms with Crippen LogP contribution in [0.15, 0.2) is 18.2 Å². The van der Waals surface area contributed by atoms with Crippen LogP contribution >= 0.6 is 0 Å². The Morgan fingerprint density at radius 3 is 2.24 bits per heavy atom. The SMILES string of the molecule is COC(=O)C(NC(C)C)c1c(F)cccc1F. The standard InChI is InChI=1S/C12H15F2NO2/c1-7(2)15-11(12(16)17-3)10-8(13)5-4-6-9(10)14/h4-7,11,15H,1-3H3. The third kappa shape index (κ3) is 3.23. The first-order valence-electron chi connectivity index (χ1n) is 5.25. The van der Waals surface area contributed by atoms with Gasteiger partial charge in [-0.15, -0.1) is 0 Å². The van der Waals surface area contributed by atoms with Crippen LogP contribution in [-0.4, -0.2) is 19.1 Å². The zero-order valence-electron chi connectivity index (χ0n) is 9.96. The van der Waals surface area contributed by atoms with Gasteiger partial charge in [0.2, 0.25) is 0 Å². The molecule has 0 bridgehead atoms. The van der Waals surface area contributed by atoms with Gasteiger partial charge >= 0.3 is 5.97 Å². The van der Waals surface area contributed by atoms with Crippen molar-refractivity contribution in [2.24, 2.45) is 0 Å². The van der Waals surface area contributed by atoms with Crippen LogP contribution in [0.25, 0.3) is 0 Å². The minimum absolute atomic E-state index is 0.113. The second-order valence-electron chi connectivity index (χ2n) is 3.91. The third-order valence-corrected chi connectivity index (χ3v) is 2.23. The molecule has 0 aliphatic heterocycles. The monoisotopic (exact) mass is 243 g/mol. The molecule has 0 saturated carbocycles. The molecule has 1 unspecified atom stereocenters. The second kappa shape index (κ2) is 5.72. The van der Waals surface area contributed by atoms with Crippen molar-refractivity contribution in [3.8, 4) is 0 Å². The fourth-order valence-corrected chi connectivity index (χ4v) is 1.51. The van der Waals surface area contributed by atoms with Gasteiger partial charge in [0.25, 0.3) is 0 Å². The number of nitrogens with one attached hydrogen (secondary N) is 1. The third-order valence-electron chi connectivity index (χ3n) is 2.23. The van der Waals surface area contributed by atoms with E-state index in [1.807, 2.05) is 0 Å². The summed E-state index contributed by atoms with van der Waals surface area (Å²) in [5.41, 5.74) is -0.312. The van der Waals surface area contributed by atoms with Crippen molar-refractivity contribution in [3.05, 3.63) is 35.4 Å². The predicted molar refractivity (Wildman–Crippen MR) is 59.4 cm³/mol. The molecule has 1 aromatic carbocycles. The maximum absolute atomic E-state index is 13.6. The lowest BCUT2D eigenvalue weighted by molar-refractivity contribution is -0.143. The Morgan fingerprint density at radius 2 is 1.82 bits per heavy atom. The van der Waals surface area contributed by atoms with Crippen LogP contribution in [0.2, 0.25) is 0 Å². The molecule has 5 heteroatoms. The highest BCUT2D eigenvalue weighted by molar-refractivity contribution is 5.77. The van der Waals surface area contributed by atoms with E-state index < -0.39 is 23.6 Å². The summed E-state index contributed by atoms with van der Waals surface area (Å²) in [7, 11) is 1.18. The van der Waals surface area contributed by atoms with Gasteiger partial charge in [0.15, 0.2) is 0 Å². The Hall–Kier alpha value is -1.49. The number of rotatable bonds is 4. The summed E-state index contributed by atoms with van der Waals surface area (Å²) in [6.07, 6.45) is 0. The van der Waals surface area contributed by atoms with Crippen LogP contribution in [-0.2, 0) is 9.53 Å². The van der Waals surface area contributed by atoms with Crippen molar-refractivity contribution in [3.63, 3.8) is 0 Å². The van der Waals surface area contributed by atoms with E-state index in [-0.39, 0.29) is 11.6 Å². The topological polar surface area (TPSA) is 38.3 Å². The summed E-state index contributed by atoms with van der Waals surface area (Å²) in [5.74, 6) is -2.26. The van der Waals surface area contributed by atoms with Gasteiger partial charge in [-0.3, -0.25) is 5.32 Å². The van der Waals surface area contributed by atoms with Gasteiger partial charge in [-0.2, -0.15) is 0 Å². The average Bonchev–Trinajstić information content (AvgIpc) is 2.26. The highest BCUT2D eigenvalue weighted by Crippen LogP contribution is 2.22. The summed E-state index contributed by atoms with van der Waals surface area (Å²) in [6.45, 7) is 3.55. The Bertz CT molecular complexity index is 387. The van der Waals surface area contributed by atoms with Crippen molar-refractivity contribution in [1.29, 1.82) is 0 Å². The van der Waals surface area contributed by atoms with E-state index >= 15 is 0 Å². The molecule has 0 aliphatic rings. The fourth-order valence-electron chi connectivity index (χ4n) is 1.51. The van der Waals surface area contributed by atoms with E-state index in [4.69, 9.17) is 0 Å². The second-order valence-corrected chi connectivity index (χ2v) is 3.91. The van der Waals surface area contributed by atoms with Gasteiger partial charge in [-0.05, 0) is 26.0 Å². The number of carbonyl (C=O) groups is 1. The van der Waals surface area contributed by atoms with Gasteiger partial charge in [0, 0.05) is 6.04 Å². The van der Waals surface area contributed by atoms with Crippen molar-refractivity contribution in [2.45, 2.75) is 25.9 Å². The number of halogens is 2. The summed E-state index contributed by atoms with van der Waals surface area (Å²) < 4.78 is 31.7.